The molecule has 1 unspecified atom stereocenters. The van der Waals surface area contributed by atoms with Gasteiger partial charge in [0.05, 0.1) is 6.17 Å². The lowest BCUT2D eigenvalue weighted by Crippen LogP contribution is -2.42. The lowest BCUT2D eigenvalue weighted by molar-refractivity contribution is 0.0957. The molecule has 0 amide bonds. The van der Waals surface area contributed by atoms with Crippen LogP contribution in [0.15, 0.2) is 91.0 Å². The first-order chi connectivity index (χ1) is 13.8. The summed E-state index contributed by atoms with van der Waals surface area (Å²) < 4.78 is 0. The van der Waals surface area contributed by atoms with E-state index in [1.165, 1.54) is 16.7 Å². The van der Waals surface area contributed by atoms with Crippen LogP contribution in [-0.2, 0) is 13.1 Å². The number of benzene rings is 3. The average Bonchev–Trinajstić information content (AvgIpc) is 3.13. The molecule has 1 aliphatic heterocycles. The third-order valence-electron chi connectivity index (χ3n) is 5.91. The van der Waals surface area contributed by atoms with Gasteiger partial charge in [0, 0.05) is 32.1 Å². The molecule has 1 aliphatic rings. The highest BCUT2D eigenvalue weighted by molar-refractivity contribution is 5.23. The summed E-state index contributed by atoms with van der Waals surface area (Å²) in [6.07, 6.45) is 1.57. The maximum absolute atomic E-state index is 2.68. The molecule has 0 aromatic heterocycles. The molecule has 2 nitrogen and oxygen atoms in total. The van der Waals surface area contributed by atoms with Crippen LogP contribution in [0.1, 0.15) is 36.0 Å². The van der Waals surface area contributed by atoms with Gasteiger partial charge in [0.2, 0.25) is 0 Å². The minimum Gasteiger partial charge on any atom is -0.282 e. The van der Waals surface area contributed by atoms with E-state index in [1.807, 2.05) is 0 Å². The van der Waals surface area contributed by atoms with Crippen molar-refractivity contribution in [3.8, 4) is 0 Å². The van der Waals surface area contributed by atoms with Crippen molar-refractivity contribution in [1.29, 1.82) is 0 Å². The van der Waals surface area contributed by atoms with Gasteiger partial charge in [-0.15, -0.1) is 0 Å². The predicted octanol–water partition coefficient (Wildman–Crippen LogP) is 5.52. The minimum atomic E-state index is 0.424. The molecule has 0 radical (unpaired) electrons. The second-order valence-corrected chi connectivity index (χ2v) is 7.75. The lowest BCUT2D eigenvalue weighted by Gasteiger charge is -2.37. The molecule has 2 heteroatoms. The first-order valence-corrected chi connectivity index (χ1v) is 10.5. The van der Waals surface area contributed by atoms with Gasteiger partial charge in [0.25, 0.3) is 0 Å². The van der Waals surface area contributed by atoms with Gasteiger partial charge in [-0.05, 0) is 23.1 Å². The van der Waals surface area contributed by atoms with E-state index < -0.39 is 0 Å². The van der Waals surface area contributed by atoms with E-state index in [0.29, 0.717) is 12.1 Å². The van der Waals surface area contributed by atoms with E-state index in [9.17, 15) is 0 Å². The summed E-state index contributed by atoms with van der Waals surface area (Å²) in [6.45, 7) is 6.60. The molecule has 1 heterocycles. The summed E-state index contributed by atoms with van der Waals surface area (Å²) in [4.78, 5) is 5.36. The fourth-order valence-corrected chi connectivity index (χ4v) is 4.56. The molecule has 0 N–H and O–H groups in total. The van der Waals surface area contributed by atoms with Crippen LogP contribution >= 0.6 is 0 Å². The highest BCUT2D eigenvalue weighted by atomic mass is 15.4. The fraction of sp³-hybridized carbons (Fsp3) is 0.308. The first kappa shape index (κ1) is 18.9. The monoisotopic (exact) mass is 370 g/mol. The highest BCUT2D eigenvalue weighted by Crippen LogP contribution is 2.34. The summed E-state index contributed by atoms with van der Waals surface area (Å²) >= 11 is 0. The van der Waals surface area contributed by atoms with E-state index >= 15 is 0 Å². The molecule has 0 spiro atoms. The fourth-order valence-electron chi connectivity index (χ4n) is 4.56. The molecule has 0 bridgehead atoms. The van der Waals surface area contributed by atoms with Crippen molar-refractivity contribution < 1.29 is 0 Å². The van der Waals surface area contributed by atoms with Gasteiger partial charge in [-0.25, -0.2) is 0 Å². The molecule has 3 aromatic carbocycles. The number of hydrogen-bond acceptors (Lipinski definition) is 2. The molecule has 0 aliphatic carbocycles. The van der Waals surface area contributed by atoms with Gasteiger partial charge < -0.3 is 0 Å². The third kappa shape index (κ3) is 4.35. The molecule has 3 aromatic rings. The van der Waals surface area contributed by atoms with E-state index in [-0.39, 0.29) is 0 Å². The number of nitrogens with zero attached hydrogens (tertiary/aromatic N) is 2. The number of hydrogen-bond donors (Lipinski definition) is 0. The zero-order chi connectivity index (χ0) is 19.2. The van der Waals surface area contributed by atoms with Gasteiger partial charge in [0.15, 0.2) is 0 Å². The Morgan fingerprint density at radius 3 is 1.54 bits per heavy atom. The van der Waals surface area contributed by atoms with Crippen molar-refractivity contribution in [1.82, 2.24) is 9.80 Å². The van der Waals surface area contributed by atoms with Crippen molar-refractivity contribution in [3.63, 3.8) is 0 Å². The van der Waals surface area contributed by atoms with E-state index in [2.05, 4.69) is 108 Å². The molecule has 1 saturated heterocycles. The SMILES string of the molecule is CCC(c1ccccc1)C1N(Cc2ccccc2)CCN1Cc1ccccc1. The molecular formula is C26H30N2. The summed E-state index contributed by atoms with van der Waals surface area (Å²) in [5, 5.41) is 0. The van der Waals surface area contributed by atoms with E-state index in [4.69, 9.17) is 0 Å². The van der Waals surface area contributed by atoms with Crippen molar-refractivity contribution in [3.05, 3.63) is 108 Å². The Hall–Kier alpha value is -2.42. The molecule has 4 rings (SSSR count). The van der Waals surface area contributed by atoms with Gasteiger partial charge in [-0.3, -0.25) is 9.80 Å². The molecule has 0 saturated carbocycles. The minimum absolute atomic E-state index is 0.424. The van der Waals surface area contributed by atoms with Crippen LogP contribution in [0.25, 0.3) is 0 Å². The van der Waals surface area contributed by atoms with Crippen LogP contribution in [0.2, 0.25) is 0 Å². The summed E-state index contributed by atoms with van der Waals surface area (Å²) in [6, 6.07) is 32.9. The Morgan fingerprint density at radius 2 is 1.11 bits per heavy atom. The summed E-state index contributed by atoms with van der Waals surface area (Å²) in [5.74, 6) is 0.510. The topological polar surface area (TPSA) is 6.48 Å². The highest BCUT2D eigenvalue weighted by Gasteiger charge is 2.37. The van der Waals surface area contributed by atoms with Gasteiger partial charge in [-0.1, -0.05) is 97.9 Å². The van der Waals surface area contributed by atoms with Gasteiger partial charge in [-0.2, -0.15) is 0 Å². The molecule has 1 atom stereocenters. The Bertz CT molecular complexity index is 783. The summed E-state index contributed by atoms with van der Waals surface area (Å²) in [5.41, 5.74) is 4.25. The maximum atomic E-state index is 2.68. The Morgan fingerprint density at radius 1 is 0.679 bits per heavy atom. The Labute approximate surface area is 169 Å². The largest absolute Gasteiger partial charge is 0.282 e. The third-order valence-corrected chi connectivity index (χ3v) is 5.91. The van der Waals surface area contributed by atoms with Crippen LogP contribution < -0.4 is 0 Å². The zero-order valence-electron chi connectivity index (χ0n) is 16.7. The smallest absolute Gasteiger partial charge is 0.0699 e. The Balaban J connectivity index is 1.62. The van der Waals surface area contributed by atoms with Crippen LogP contribution in [-0.4, -0.2) is 29.1 Å². The Kier molecular flexibility index (Phi) is 6.20. The van der Waals surface area contributed by atoms with Gasteiger partial charge in [0.1, 0.15) is 0 Å². The second-order valence-electron chi connectivity index (χ2n) is 7.75. The summed E-state index contributed by atoms with van der Waals surface area (Å²) in [7, 11) is 0. The average molecular weight is 371 g/mol. The molecular weight excluding hydrogens is 340 g/mol. The van der Waals surface area contributed by atoms with Crippen LogP contribution in [0.5, 0.6) is 0 Å². The van der Waals surface area contributed by atoms with Crippen LogP contribution in [0.4, 0.5) is 0 Å². The maximum Gasteiger partial charge on any atom is 0.0699 e. The molecule has 28 heavy (non-hydrogen) atoms. The normalized spacial score (nSPS) is 17.0. The van der Waals surface area contributed by atoms with Crippen LogP contribution in [0, 0.1) is 0 Å². The van der Waals surface area contributed by atoms with Crippen molar-refractivity contribution in [2.45, 2.75) is 38.5 Å². The molecule has 1 fully saturated rings. The zero-order valence-corrected chi connectivity index (χ0v) is 16.7. The van der Waals surface area contributed by atoms with Crippen molar-refractivity contribution in [2.24, 2.45) is 0 Å². The van der Waals surface area contributed by atoms with Crippen LogP contribution in [0.3, 0.4) is 0 Å². The van der Waals surface area contributed by atoms with Crippen molar-refractivity contribution in [2.75, 3.05) is 13.1 Å². The molecule has 144 valence electrons. The standard InChI is InChI=1S/C26H30N2/c1-2-25(24-16-10-5-11-17-24)26-27(20-22-12-6-3-7-13-22)18-19-28(26)21-23-14-8-4-9-15-23/h3-17,25-26H,2,18-21H2,1H3. The van der Waals surface area contributed by atoms with Gasteiger partial charge >= 0.3 is 0 Å². The predicted molar refractivity (Wildman–Crippen MR) is 117 cm³/mol. The van der Waals surface area contributed by atoms with Crippen molar-refractivity contribution >= 4 is 0 Å². The first-order valence-electron chi connectivity index (χ1n) is 10.5. The lowest BCUT2D eigenvalue weighted by atomic mass is 9.92. The second kappa shape index (κ2) is 9.18. The number of rotatable bonds is 7. The van der Waals surface area contributed by atoms with E-state index in [1.54, 1.807) is 0 Å². The van der Waals surface area contributed by atoms with E-state index in [0.717, 1.165) is 32.6 Å². The quantitative estimate of drug-likeness (QED) is 0.540.